The smallest absolute Gasteiger partial charge is 0.412 e. The molecule has 1 heterocycles. The van der Waals surface area contributed by atoms with E-state index in [9.17, 15) is 14.7 Å². The summed E-state index contributed by atoms with van der Waals surface area (Å²) >= 11 is 7.38. The maximum atomic E-state index is 12.4. The zero-order valence-electron chi connectivity index (χ0n) is 13.1. The molecule has 1 fully saturated rings. The molecule has 8 heteroatoms. The quantitative estimate of drug-likeness (QED) is 0.873. The minimum absolute atomic E-state index is 0. The molecular formula is C15H20ClNO5S. The predicted molar refractivity (Wildman–Crippen MR) is 89.8 cm³/mol. The number of amides is 1. The number of carboxylic acids is 1. The van der Waals surface area contributed by atoms with Gasteiger partial charge in [0.25, 0.3) is 0 Å². The second kappa shape index (κ2) is 7.42. The van der Waals surface area contributed by atoms with E-state index >= 15 is 0 Å². The van der Waals surface area contributed by atoms with Gasteiger partial charge in [-0.15, -0.1) is 11.8 Å². The molecule has 2 atom stereocenters. The van der Waals surface area contributed by atoms with Crippen LogP contribution in [0.5, 0.6) is 0 Å². The van der Waals surface area contributed by atoms with Crippen LogP contribution in [-0.2, 0) is 9.53 Å². The van der Waals surface area contributed by atoms with E-state index in [0.29, 0.717) is 10.8 Å². The molecule has 0 unspecified atom stereocenters. The zero-order valence-corrected chi connectivity index (χ0v) is 14.6. The van der Waals surface area contributed by atoms with E-state index in [1.807, 2.05) is 6.07 Å². The Morgan fingerprint density at radius 3 is 2.57 bits per heavy atom. The maximum Gasteiger partial charge on any atom is 0.412 e. The van der Waals surface area contributed by atoms with Gasteiger partial charge in [-0.1, -0.05) is 23.7 Å². The normalized spacial score (nSPS) is 20.8. The number of carbonyl (C=O) groups is 2. The van der Waals surface area contributed by atoms with Gasteiger partial charge in [0.2, 0.25) is 0 Å². The molecule has 0 spiro atoms. The fourth-order valence-corrected chi connectivity index (χ4v) is 3.75. The number of carbonyl (C=O) groups excluding carboxylic acids is 1. The van der Waals surface area contributed by atoms with E-state index in [1.165, 1.54) is 16.7 Å². The summed E-state index contributed by atoms with van der Waals surface area (Å²) in [5.41, 5.74) is 0.0961. The Labute approximate surface area is 144 Å². The summed E-state index contributed by atoms with van der Waals surface area (Å²) in [5, 5.41) is 9.48. The van der Waals surface area contributed by atoms with Gasteiger partial charge in [0.1, 0.15) is 17.0 Å². The average Bonchev–Trinajstić information content (AvgIpc) is 2.81. The Morgan fingerprint density at radius 1 is 1.39 bits per heavy atom. The molecule has 0 bridgehead atoms. The number of hydrogen-bond donors (Lipinski definition) is 1. The fourth-order valence-electron chi connectivity index (χ4n) is 2.15. The van der Waals surface area contributed by atoms with Crippen molar-refractivity contribution in [1.29, 1.82) is 0 Å². The molecule has 1 aromatic carbocycles. The number of aliphatic carboxylic acids is 1. The number of thioether (sulfide) groups is 1. The highest BCUT2D eigenvalue weighted by Gasteiger charge is 2.44. The molecule has 6 nitrogen and oxygen atoms in total. The molecule has 1 aliphatic heterocycles. The number of benzene rings is 1. The summed E-state index contributed by atoms with van der Waals surface area (Å²) in [7, 11) is 0. The molecule has 23 heavy (non-hydrogen) atoms. The van der Waals surface area contributed by atoms with Crippen molar-refractivity contribution in [2.24, 2.45) is 0 Å². The highest BCUT2D eigenvalue weighted by molar-refractivity contribution is 7.99. The third-order valence-electron chi connectivity index (χ3n) is 3.02. The first-order chi connectivity index (χ1) is 10.2. The molecule has 1 aromatic rings. The zero-order chi connectivity index (χ0) is 16.5. The minimum atomic E-state index is -1.04. The van der Waals surface area contributed by atoms with Crippen LogP contribution in [0.25, 0.3) is 0 Å². The molecule has 3 N–H and O–H groups in total. The van der Waals surface area contributed by atoms with Gasteiger partial charge in [-0.05, 0) is 38.5 Å². The Morgan fingerprint density at radius 2 is 2.04 bits per heavy atom. The SMILES string of the molecule is CC(C)(C)OC(=O)N1[C@@H](c2cccc(Cl)c2)SC[C@H]1C(=O)O.O. The fraction of sp³-hybridized carbons (Fsp3) is 0.467. The summed E-state index contributed by atoms with van der Waals surface area (Å²) in [6, 6.07) is 6.16. The lowest BCUT2D eigenvalue weighted by Gasteiger charge is -2.30. The first kappa shape index (κ1) is 19.6. The van der Waals surface area contributed by atoms with Gasteiger partial charge >= 0.3 is 12.1 Å². The van der Waals surface area contributed by atoms with Gasteiger partial charge in [-0.25, -0.2) is 9.59 Å². The topological polar surface area (TPSA) is 98.3 Å². The lowest BCUT2D eigenvalue weighted by atomic mass is 10.2. The third-order valence-corrected chi connectivity index (χ3v) is 4.58. The number of hydrogen-bond acceptors (Lipinski definition) is 4. The summed E-state index contributed by atoms with van der Waals surface area (Å²) in [5.74, 6) is -0.728. The van der Waals surface area contributed by atoms with E-state index in [0.717, 1.165) is 5.56 Å². The highest BCUT2D eigenvalue weighted by Crippen LogP contribution is 2.42. The van der Waals surface area contributed by atoms with Crippen LogP contribution >= 0.6 is 23.4 Å². The number of carboxylic acid groups (broad SMARTS) is 1. The van der Waals surface area contributed by atoms with E-state index in [4.69, 9.17) is 16.3 Å². The van der Waals surface area contributed by atoms with Gasteiger partial charge in [-0.3, -0.25) is 4.90 Å². The molecule has 0 aromatic heterocycles. The molecule has 1 amide bonds. The van der Waals surface area contributed by atoms with E-state index < -0.39 is 29.1 Å². The van der Waals surface area contributed by atoms with Crippen LogP contribution in [-0.4, -0.2) is 44.9 Å². The maximum absolute atomic E-state index is 12.4. The predicted octanol–water partition coefficient (Wildman–Crippen LogP) is 2.95. The summed E-state index contributed by atoms with van der Waals surface area (Å²) in [6.45, 7) is 5.24. The van der Waals surface area contributed by atoms with Gasteiger partial charge in [0.05, 0.1) is 0 Å². The Bertz CT molecular complexity index is 589. The van der Waals surface area contributed by atoms with Crippen molar-refractivity contribution in [2.75, 3.05) is 5.75 Å². The number of ether oxygens (including phenoxy) is 1. The lowest BCUT2D eigenvalue weighted by Crippen LogP contribution is -2.45. The summed E-state index contributed by atoms with van der Waals surface area (Å²) in [4.78, 5) is 25.2. The standard InChI is InChI=1S/C15H18ClNO4S.H2O/c1-15(2,3)21-14(20)17-11(13(18)19)8-22-12(17)9-5-4-6-10(16)7-9;/h4-7,11-12H,8H2,1-3H3,(H,18,19);1H2/t11-,12+;/m0./s1. The van der Waals surface area contributed by atoms with Crippen molar-refractivity contribution in [3.05, 3.63) is 34.9 Å². The summed E-state index contributed by atoms with van der Waals surface area (Å²) in [6.07, 6.45) is -0.630. The van der Waals surface area contributed by atoms with Crippen molar-refractivity contribution in [3.63, 3.8) is 0 Å². The largest absolute Gasteiger partial charge is 0.480 e. The van der Waals surface area contributed by atoms with Crippen LogP contribution in [0.3, 0.4) is 0 Å². The number of rotatable bonds is 2. The van der Waals surface area contributed by atoms with Crippen molar-refractivity contribution in [1.82, 2.24) is 4.90 Å². The molecule has 1 saturated heterocycles. The Kier molecular flexibility index (Phi) is 6.33. The second-order valence-electron chi connectivity index (χ2n) is 5.98. The van der Waals surface area contributed by atoms with Crippen LogP contribution in [0, 0.1) is 0 Å². The summed E-state index contributed by atoms with van der Waals surface area (Å²) < 4.78 is 5.36. The van der Waals surface area contributed by atoms with Crippen LogP contribution in [0.15, 0.2) is 24.3 Å². The molecular weight excluding hydrogens is 342 g/mol. The Balaban J connectivity index is 0.00000264. The van der Waals surface area contributed by atoms with E-state index in [1.54, 1.807) is 39.0 Å². The molecule has 2 rings (SSSR count). The van der Waals surface area contributed by atoms with Gasteiger partial charge < -0.3 is 15.3 Å². The number of nitrogens with zero attached hydrogens (tertiary/aromatic N) is 1. The van der Waals surface area contributed by atoms with Gasteiger partial charge in [-0.2, -0.15) is 0 Å². The van der Waals surface area contributed by atoms with E-state index in [2.05, 4.69) is 0 Å². The van der Waals surface area contributed by atoms with Crippen LogP contribution in [0.2, 0.25) is 5.02 Å². The highest BCUT2D eigenvalue weighted by atomic mass is 35.5. The van der Waals surface area contributed by atoms with Gasteiger partial charge in [0.15, 0.2) is 0 Å². The van der Waals surface area contributed by atoms with Crippen LogP contribution in [0.4, 0.5) is 4.79 Å². The monoisotopic (exact) mass is 361 g/mol. The molecule has 0 aliphatic carbocycles. The Hall–Kier alpha value is -1.44. The van der Waals surface area contributed by atoms with E-state index in [-0.39, 0.29) is 5.48 Å². The third kappa shape index (κ3) is 4.76. The molecule has 0 radical (unpaired) electrons. The average molecular weight is 362 g/mol. The minimum Gasteiger partial charge on any atom is -0.480 e. The van der Waals surface area contributed by atoms with Crippen molar-refractivity contribution >= 4 is 35.4 Å². The van der Waals surface area contributed by atoms with Gasteiger partial charge in [0, 0.05) is 10.8 Å². The first-order valence-electron chi connectivity index (χ1n) is 6.80. The number of halogens is 1. The van der Waals surface area contributed by atoms with Crippen LogP contribution in [0.1, 0.15) is 31.7 Å². The van der Waals surface area contributed by atoms with Crippen LogP contribution < -0.4 is 0 Å². The van der Waals surface area contributed by atoms with Crippen molar-refractivity contribution < 1.29 is 24.9 Å². The second-order valence-corrected chi connectivity index (χ2v) is 7.53. The molecule has 1 aliphatic rings. The van der Waals surface area contributed by atoms with Crippen molar-refractivity contribution in [3.8, 4) is 0 Å². The van der Waals surface area contributed by atoms with Crippen molar-refractivity contribution in [2.45, 2.75) is 37.8 Å². The lowest BCUT2D eigenvalue weighted by molar-refractivity contribution is -0.142. The molecule has 0 saturated carbocycles. The molecule has 128 valence electrons. The first-order valence-corrected chi connectivity index (χ1v) is 8.23.